The summed E-state index contributed by atoms with van der Waals surface area (Å²) in [4.78, 5) is 43.4. The molecule has 502 valence electrons. The summed E-state index contributed by atoms with van der Waals surface area (Å²) in [6.45, 7) is 0.204. The molecule has 0 fully saturated rings. The van der Waals surface area contributed by atoms with Crippen LogP contribution in [0.25, 0.3) is 55.2 Å². The van der Waals surface area contributed by atoms with Gasteiger partial charge in [0.1, 0.15) is 40.6 Å². The molecule has 0 aliphatic heterocycles. The van der Waals surface area contributed by atoms with E-state index in [0.717, 1.165) is 91.1 Å². The molecule has 5 N–H and O–H groups in total. The Balaban J connectivity index is 0.000000581. The van der Waals surface area contributed by atoms with E-state index in [9.17, 15) is 23.7 Å². The Morgan fingerprint density at radius 3 is 1.40 bits per heavy atom. The molecule has 0 bridgehead atoms. The number of aliphatic hydroxyl groups excluding tert-OH is 1. The van der Waals surface area contributed by atoms with Gasteiger partial charge in [-0.2, -0.15) is 11.8 Å². The second kappa shape index (κ2) is 49.8. The number of para-hydroxylation sites is 3. The van der Waals surface area contributed by atoms with Gasteiger partial charge < -0.3 is 68.2 Å². The average molecular weight is 1750 g/mol. The third-order valence-corrected chi connectivity index (χ3v) is 16.7. The molecular weight excluding hydrogens is 1700 g/mol. The summed E-state index contributed by atoms with van der Waals surface area (Å²) in [5.74, 6) is 1.06. The molecule has 97 heavy (non-hydrogen) atoms. The first-order chi connectivity index (χ1) is 45.7. The molecule has 1 unspecified atom stereocenters. The number of hydrogen-bond acceptors (Lipinski definition) is 21. The topological polar surface area (TPSA) is 324 Å². The maximum absolute atomic E-state index is 11.4. The minimum absolute atomic E-state index is 0. The molecule has 0 spiro atoms. The van der Waals surface area contributed by atoms with E-state index in [1.54, 1.807) is 97.9 Å². The Hall–Kier alpha value is -3.72. The van der Waals surface area contributed by atoms with Crippen molar-refractivity contribution in [3.63, 3.8) is 0 Å². The van der Waals surface area contributed by atoms with E-state index in [2.05, 4.69) is 94.4 Å². The quantitative estimate of drug-likeness (QED) is 0.0169. The van der Waals surface area contributed by atoms with E-state index < -0.39 is 27.1 Å². The van der Waals surface area contributed by atoms with Gasteiger partial charge in [0.25, 0.3) is 6.47 Å². The van der Waals surface area contributed by atoms with Gasteiger partial charge in [0.2, 0.25) is 9.23 Å². The first-order valence-electron chi connectivity index (χ1n) is 26.4. The Bertz CT molecular complexity index is 4260. The van der Waals surface area contributed by atoms with Crippen molar-refractivity contribution in [2.24, 2.45) is 0 Å². The maximum Gasteiger partial charge on any atom is 1.00 e. The SMILES string of the molecule is CSCS(C)=O.ClCc1cc(Br)c2occc2c1.O=CO[O-].O=Cc1cccc(-c2ccoc2)c1O.O=Cc1cccc(-c2ccoc2)c1OCc1cc(Br)c2occc2c1.O=Cc1cccc(Br)c1O.O=S(Cl)Cl.OB(O)c1ccoc1.OCc1cc(Br)c2occc2c1.[H-].[K+].[K+]. The number of aliphatic hydroxyl groups is 1. The standard InChI is InChI=1S/C20H13BrO4.C11H8O3.C9H6BrClO.C9H7BrO2.C7H5BrO2.C4H5BO3.C3H8OS2.CH2O3.Cl2OS.2K.H/c21-18-9-13(8-14-5-7-24-20(14)18)11-25-19-15(10-22)2-1-3-17(19)16-4-6-23-12-16;12-6-8-2-1-3-10(11(8)13)9-4-5-14-7-9;2*10-8-4-6(5-11)3-7-1-2-12-9(7)8;8-6-3-1-2-5(4-9)7(6)10;6-5(7)4-1-2-8-3-4;1-5-3-6(2)4;2-1-4-3;1-4(2)3;;;/h1-10,12H,11H2;1-7,13H;1-4H,5H2;1-4,11H,5H2;1-4,10H;1-3,6-7H;3H2,1-2H3;1,3H;;;;/q;;;;;;;;;2*+1;-1/p-1. The Morgan fingerprint density at radius 2 is 1.01 bits per heavy atom. The maximum atomic E-state index is 11.4. The number of ether oxygens (including phenoxy) is 1. The molecule has 20 nitrogen and oxygen atoms in total. The monoisotopic (exact) mass is 1750 g/mol. The zero-order valence-electron chi connectivity index (χ0n) is 52.3. The second-order valence-electron chi connectivity index (χ2n) is 18.1. The van der Waals surface area contributed by atoms with Crippen LogP contribution in [-0.2, 0) is 48.8 Å². The molecule has 0 aliphatic carbocycles. The Labute approximate surface area is 698 Å². The van der Waals surface area contributed by atoms with E-state index in [-0.39, 0.29) is 134 Å². The van der Waals surface area contributed by atoms with Crippen LogP contribution in [0.15, 0.2) is 228 Å². The van der Waals surface area contributed by atoms with Crippen molar-refractivity contribution in [2.45, 2.75) is 19.1 Å². The first-order valence-corrected chi connectivity index (χ1v) is 36.0. The van der Waals surface area contributed by atoms with Gasteiger partial charge in [0.15, 0.2) is 18.9 Å². The van der Waals surface area contributed by atoms with Crippen molar-refractivity contribution < 1.29 is 199 Å². The minimum atomic E-state index is -1.67. The summed E-state index contributed by atoms with van der Waals surface area (Å²) in [7, 11) is 5.35. The Kier molecular flexibility index (Phi) is 45.9. The molecule has 6 heterocycles. The number of alkyl halides is 1. The summed E-state index contributed by atoms with van der Waals surface area (Å²) < 4.78 is 59.0. The number of fused-ring (bicyclic) bond motifs is 3. The van der Waals surface area contributed by atoms with Crippen molar-refractivity contribution in [1.82, 2.24) is 0 Å². The Morgan fingerprint density at radius 1 is 0.588 bits per heavy atom. The van der Waals surface area contributed by atoms with Crippen molar-refractivity contribution in [2.75, 3.05) is 17.6 Å². The number of phenolic OH excluding ortho intramolecular Hbond substituents is 2. The van der Waals surface area contributed by atoms with Crippen LogP contribution in [0.3, 0.4) is 0 Å². The van der Waals surface area contributed by atoms with Crippen molar-refractivity contribution in [1.29, 1.82) is 0 Å². The molecule has 6 aromatic heterocycles. The first kappa shape index (κ1) is 89.4. The predicted octanol–water partition coefficient (Wildman–Crippen LogP) is 10.1. The molecule has 12 aromatic rings. The van der Waals surface area contributed by atoms with Gasteiger partial charge in [-0.25, -0.2) is 4.21 Å². The smallest absolute Gasteiger partial charge is 1.00 e. The van der Waals surface area contributed by atoms with E-state index in [1.165, 1.54) is 31.1 Å². The summed E-state index contributed by atoms with van der Waals surface area (Å²) in [6.07, 6.45) is 19.6. The van der Waals surface area contributed by atoms with Crippen LogP contribution in [0, 0.1) is 0 Å². The normalized spacial score (nSPS) is 10.1. The van der Waals surface area contributed by atoms with Crippen molar-refractivity contribution in [3.05, 3.63) is 235 Å². The number of thioether (sulfide) groups is 1. The molecule has 0 saturated heterocycles. The van der Waals surface area contributed by atoms with Gasteiger partial charge in [0, 0.05) is 88.2 Å². The van der Waals surface area contributed by atoms with Gasteiger partial charge in [-0.3, -0.25) is 23.4 Å². The predicted molar refractivity (Wildman–Crippen MR) is 383 cm³/mol. The second-order valence-corrected chi connectivity index (χ2v) is 27.0. The van der Waals surface area contributed by atoms with Crippen molar-refractivity contribution >= 4 is 199 Å². The van der Waals surface area contributed by atoms with Crippen LogP contribution in [0.2, 0.25) is 0 Å². The number of rotatable bonds is 14. The summed E-state index contributed by atoms with van der Waals surface area (Å²) in [5, 5.41) is 56.8. The number of benzene rings is 6. The molecule has 0 aliphatic rings. The molecule has 0 radical (unpaired) electrons. The van der Waals surface area contributed by atoms with Gasteiger partial charge in [0.05, 0.1) is 103 Å². The zero-order valence-corrected chi connectivity index (χ0v) is 68.6. The number of phenols is 2. The number of hydrogen-bond donors (Lipinski definition) is 5. The molecule has 33 heteroatoms. The van der Waals surface area contributed by atoms with Gasteiger partial charge in [-0.05, 0) is 184 Å². The van der Waals surface area contributed by atoms with Crippen LogP contribution >= 0.6 is 108 Å². The fourth-order valence-electron chi connectivity index (χ4n) is 7.67. The number of aromatic hydroxyl groups is 2. The van der Waals surface area contributed by atoms with Crippen LogP contribution in [0.5, 0.6) is 17.2 Å². The largest absolute Gasteiger partial charge is 1.00 e. The third kappa shape index (κ3) is 30.8. The summed E-state index contributed by atoms with van der Waals surface area (Å²) in [5.41, 5.74) is 9.96. The molecule has 1 atom stereocenters. The van der Waals surface area contributed by atoms with Crippen LogP contribution in [-0.4, -0.2) is 83.8 Å². The number of aldehydes is 3. The van der Waals surface area contributed by atoms with Crippen LogP contribution < -0.4 is 118 Å². The number of halogens is 7. The van der Waals surface area contributed by atoms with E-state index >= 15 is 0 Å². The fraction of sp³-hybridized carbons (Fsp3) is 0.0938. The fourth-order valence-corrected chi connectivity index (χ4v) is 11.4. The molecular formula is C64H54BBr4Cl3K2O20S3. The molecule has 0 saturated carbocycles. The van der Waals surface area contributed by atoms with Crippen molar-refractivity contribution in [3.8, 4) is 39.5 Å². The molecule has 6 aromatic carbocycles. The van der Waals surface area contributed by atoms with Gasteiger partial charge >= 0.3 is 110 Å². The third-order valence-electron chi connectivity index (χ3n) is 11.8. The van der Waals surface area contributed by atoms with Crippen LogP contribution in [0.1, 0.15) is 49.2 Å². The number of furan rings is 6. The van der Waals surface area contributed by atoms with E-state index in [1.807, 2.05) is 79.1 Å². The minimum Gasteiger partial charge on any atom is -1.00 e. The average Bonchev–Trinajstić information content (AvgIpc) is 1.66. The summed E-state index contributed by atoms with van der Waals surface area (Å²) >= 11 is 20.7. The van der Waals surface area contributed by atoms with Crippen LogP contribution in [0.4, 0.5) is 0 Å². The van der Waals surface area contributed by atoms with E-state index in [0.29, 0.717) is 57.4 Å². The van der Waals surface area contributed by atoms with Gasteiger partial charge in [-0.15, -0.1) is 11.6 Å². The van der Waals surface area contributed by atoms with E-state index in [4.69, 9.17) is 72.9 Å². The summed E-state index contributed by atoms with van der Waals surface area (Å²) in [6, 6.07) is 37.8. The van der Waals surface area contributed by atoms with Gasteiger partial charge in [-0.1, -0.05) is 30.3 Å². The zero-order chi connectivity index (χ0) is 69.8. The molecule has 12 rings (SSSR count). The molecule has 0 amide bonds. The number of carbonyl (C=O) groups is 4. The number of carbonyl (C=O) groups excluding carboxylic acids is 4.